The van der Waals surface area contributed by atoms with Crippen molar-refractivity contribution in [1.29, 1.82) is 0 Å². The number of methoxy groups -OCH3 is 2. The predicted molar refractivity (Wildman–Crippen MR) is 122 cm³/mol. The third-order valence-electron chi connectivity index (χ3n) is 6.03. The molecule has 2 aromatic carbocycles. The number of carbonyl (C=O) groups excluding carboxylic acids is 1. The van der Waals surface area contributed by atoms with Gasteiger partial charge >= 0.3 is 0 Å². The molecule has 1 aliphatic carbocycles. The fourth-order valence-corrected chi connectivity index (χ4v) is 4.56. The molecule has 1 aliphatic heterocycles. The summed E-state index contributed by atoms with van der Waals surface area (Å²) >= 11 is 0. The van der Waals surface area contributed by atoms with Gasteiger partial charge in [0.1, 0.15) is 5.75 Å². The van der Waals surface area contributed by atoms with Gasteiger partial charge in [-0.15, -0.1) is 0 Å². The summed E-state index contributed by atoms with van der Waals surface area (Å²) in [6.45, 7) is 4.26. The van der Waals surface area contributed by atoms with Crippen molar-refractivity contribution in [1.82, 2.24) is 5.32 Å². The molecule has 1 fully saturated rings. The van der Waals surface area contributed by atoms with Crippen molar-refractivity contribution in [3.8, 4) is 17.2 Å². The molecule has 1 N–H and O–H groups in total. The van der Waals surface area contributed by atoms with Crippen LogP contribution in [0.25, 0.3) is 5.70 Å². The van der Waals surface area contributed by atoms with Gasteiger partial charge < -0.3 is 19.5 Å². The highest BCUT2D eigenvalue weighted by atomic mass is 16.5. The number of rotatable bonds is 6. The highest BCUT2D eigenvalue weighted by Gasteiger charge is 2.30. The third-order valence-corrected chi connectivity index (χ3v) is 6.03. The van der Waals surface area contributed by atoms with Crippen LogP contribution < -0.4 is 19.5 Å². The summed E-state index contributed by atoms with van der Waals surface area (Å²) in [7, 11) is 3.26. The molecule has 0 atom stereocenters. The third kappa shape index (κ3) is 4.55. The van der Waals surface area contributed by atoms with Crippen LogP contribution in [-0.4, -0.2) is 31.6 Å². The first-order chi connectivity index (χ1) is 14.9. The molecule has 5 heteroatoms. The van der Waals surface area contributed by atoms with Crippen LogP contribution in [-0.2, 0) is 6.42 Å². The van der Waals surface area contributed by atoms with Gasteiger partial charge in [0.2, 0.25) is 0 Å². The first-order valence-corrected chi connectivity index (χ1v) is 11.0. The summed E-state index contributed by atoms with van der Waals surface area (Å²) in [4.78, 5) is 13.1. The molecule has 0 aromatic heterocycles. The highest BCUT2D eigenvalue weighted by molar-refractivity contribution is 6.10. The van der Waals surface area contributed by atoms with Crippen LogP contribution in [0.4, 0.5) is 0 Å². The van der Waals surface area contributed by atoms with Gasteiger partial charge in [0.15, 0.2) is 17.3 Å². The van der Waals surface area contributed by atoms with Crippen molar-refractivity contribution in [3.63, 3.8) is 0 Å². The van der Waals surface area contributed by atoms with Crippen molar-refractivity contribution in [2.45, 2.75) is 57.6 Å². The van der Waals surface area contributed by atoms with Gasteiger partial charge in [-0.3, -0.25) is 4.79 Å². The van der Waals surface area contributed by atoms with E-state index in [1.54, 1.807) is 32.4 Å². The lowest BCUT2D eigenvalue weighted by atomic mass is 9.85. The average molecular weight is 422 g/mol. The summed E-state index contributed by atoms with van der Waals surface area (Å²) < 4.78 is 17.3. The fraction of sp³-hybridized carbons (Fsp3) is 0.423. The molecule has 1 saturated carbocycles. The maximum absolute atomic E-state index is 13.1. The minimum atomic E-state index is -0.196. The molecule has 4 rings (SSSR count). The predicted octanol–water partition coefficient (Wildman–Crippen LogP) is 5.17. The zero-order valence-corrected chi connectivity index (χ0v) is 18.8. The molecule has 1 heterocycles. The number of nitrogens with one attached hydrogen (secondary N) is 1. The van der Waals surface area contributed by atoms with Crippen molar-refractivity contribution < 1.29 is 19.0 Å². The van der Waals surface area contributed by atoms with E-state index in [0.29, 0.717) is 11.3 Å². The van der Waals surface area contributed by atoms with E-state index in [-0.39, 0.29) is 17.4 Å². The molecule has 0 unspecified atom stereocenters. The Morgan fingerprint density at radius 3 is 2.45 bits per heavy atom. The topological polar surface area (TPSA) is 56.8 Å². The molecule has 0 amide bonds. The van der Waals surface area contributed by atoms with E-state index in [4.69, 9.17) is 14.2 Å². The van der Waals surface area contributed by atoms with Crippen molar-refractivity contribution in [2.24, 2.45) is 0 Å². The number of allylic oxidation sites excluding steroid dienone is 1. The van der Waals surface area contributed by atoms with Crippen molar-refractivity contribution in [2.75, 3.05) is 14.2 Å². The molecule has 0 saturated heterocycles. The zero-order chi connectivity index (χ0) is 22.0. The largest absolute Gasteiger partial charge is 0.496 e. The standard InChI is InChI=1S/C26H31NO4/c1-26(2)16-17-13-24(30-4)25(31-18-9-5-6-10-18)14-20(17)21(27-26)15-22(28)19-11-7-8-12-23(19)29-3/h7-8,11-15,18,27H,5-6,9-10,16H2,1-4H3/b21-15-. The van der Waals surface area contributed by atoms with Gasteiger partial charge in [0.05, 0.1) is 25.9 Å². The van der Waals surface area contributed by atoms with Crippen LogP contribution in [0.3, 0.4) is 0 Å². The molecular formula is C26H31NO4. The molecule has 0 bridgehead atoms. The van der Waals surface area contributed by atoms with E-state index in [1.165, 1.54) is 12.8 Å². The number of para-hydroxylation sites is 1. The Morgan fingerprint density at radius 1 is 1.03 bits per heavy atom. The lowest BCUT2D eigenvalue weighted by Gasteiger charge is -2.36. The molecule has 164 valence electrons. The van der Waals surface area contributed by atoms with Crippen molar-refractivity contribution in [3.05, 3.63) is 59.2 Å². The number of ketones is 1. The molecule has 5 nitrogen and oxygen atoms in total. The summed E-state index contributed by atoms with van der Waals surface area (Å²) in [6, 6.07) is 11.4. The maximum atomic E-state index is 13.1. The number of hydrogen-bond acceptors (Lipinski definition) is 5. The summed E-state index contributed by atoms with van der Waals surface area (Å²) in [5.74, 6) is 1.96. The van der Waals surface area contributed by atoms with Gasteiger partial charge in [-0.25, -0.2) is 0 Å². The minimum Gasteiger partial charge on any atom is -0.496 e. The van der Waals surface area contributed by atoms with Gasteiger partial charge in [0, 0.05) is 22.9 Å². The summed E-state index contributed by atoms with van der Waals surface area (Å²) in [6.07, 6.45) is 7.26. The van der Waals surface area contributed by atoms with E-state index in [9.17, 15) is 4.79 Å². The van der Waals surface area contributed by atoms with E-state index in [1.807, 2.05) is 18.2 Å². The molecule has 0 radical (unpaired) electrons. The number of benzene rings is 2. The van der Waals surface area contributed by atoms with Crippen LogP contribution >= 0.6 is 0 Å². The summed E-state index contributed by atoms with van der Waals surface area (Å²) in [5.41, 5.74) is 3.26. The first kappa shape index (κ1) is 21.3. The Kier molecular flexibility index (Phi) is 5.94. The number of hydrogen-bond donors (Lipinski definition) is 1. The first-order valence-electron chi connectivity index (χ1n) is 11.0. The van der Waals surface area contributed by atoms with Crippen LogP contribution in [0.15, 0.2) is 42.5 Å². The van der Waals surface area contributed by atoms with Crippen LogP contribution in [0, 0.1) is 0 Å². The number of ether oxygens (including phenoxy) is 3. The van der Waals surface area contributed by atoms with Gasteiger partial charge in [-0.2, -0.15) is 0 Å². The van der Waals surface area contributed by atoms with E-state index in [0.717, 1.165) is 47.6 Å². The second kappa shape index (κ2) is 8.66. The van der Waals surface area contributed by atoms with Gasteiger partial charge in [-0.1, -0.05) is 12.1 Å². The second-order valence-electron chi connectivity index (χ2n) is 8.99. The summed E-state index contributed by atoms with van der Waals surface area (Å²) in [5, 5.41) is 3.55. The Bertz CT molecular complexity index is 1000. The quantitative estimate of drug-likeness (QED) is 0.515. The lowest BCUT2D eigenvalue weighted by Crippen LogP contribution is -2.43. The molecule has 31 heavy (non-hydrogen) atoms. The highest BCUT2D eigenvalue weighted by Crippen LogP contribution is 2.40. The Hall–Kier alpha value is -2.95. The molecule has 2 aliphatic rings. The van der Waals surface area contributed by atoms with Crippen LogP contribution in [0.1, 0.15) is 61.0 Å². The lowest BCUT2D eigenvalue weighted by molar-refractivity contribution is 0.104. The Morgan fingerprint density at radius 2 is 1.74 bits per heavy atom. The van der Waals surface area contributed by atoms with E-state index < -0.39 is 0 Å². The molecule has 2 aromatic rings. The molecular weight excluding hydrogens is 390 g/mol. The SMILES string of the molecule is COc1cc2c(cc1OC1CCCC1)/C(=C/C(=O)c1ccccc1OC)NC(C)(C)C2. The van der Waals surface area contributed by atoms with Crippen molar-refractivity contribution >= 4 is 11.5 Å². The van der Waals surface area contributed by atoms with Gasteiger partial charge in [-0.05, 0) is 75.8 Å². The second-order valence-corrected chi connectivity index (χ2v) is 8.99. The smallest absolute Gasteiger partial charge is 0.191 e. The normalized spacial score (nSPS) is 18.9. The number of fused-ring (bicyclic) bond motifs is 1. The van der Waals surface area contributed by atoms with Gasteiger partial charge in [0.25, 0.3) is 0 Å². The number of carbonyl (C=O) groups is 1. The van der Waals surface area contributed by atoms with E-state index >= 15 is 0 Å². The van der Waals surface area contributed by atoms with E-state index in [2.05, 4.69) is 25.2 Å². The Balaban J connectivity index is 1.75. The minimum absolute atomic E-state index is 0.0994. The van der Waals surface area contributed by atoms with Crippen LogP contribution in [0.2, 0.25) is 0 Å². The average Bonchev–Trinajstić information content (AvgIpc) is 3.26. The maximum Gasteiger partial charge on any atom is 0.191 e. The Labute approximate surface area is 184 Å². The zero-order valence-electron chi connectivity index (χ0n) is 18.8. The van der Waals surface area contributed by atoms with Crippen LogP contribution in [0.5, 0.6) is 17.2 Å². The fourth-order valence-electron chi connectivity index (χ4n) is 4.56. The monoisotopic (exact) mass is 421 g/mol. The molecule has 0 spiro atoms.